The van der Waals surface area contributed by atoms with Crippen LogP contribution < -0.4 is 5.32 Å². The van der Waals surface area contributed by atoms with Gasteiger partial charge in [-0.25, -0.2) is 9.59 Å². The number of halogens is 1. The van der Waals surface area contributed by atoms with Crippen molar-refractivity contribution in [3.63, 3.8) is 0 Å². The first-order chi connectivity index (χ1) is 10.0. The second-order valence-electron chi connectivity index (χ2n) is 4.16. The van der Waals surface area contributed by atoms with Crippen LogP contribution in [0.15, 0.2) is 30.3 Å². The number of benzene rings is 1. The fraction of sp³-hybridized carbons (Fsp3) is 0.429. The fourth-order valence-corrected chi connectivity index (χ4v) is 1.62. The number of ether oxygens (including phenoxy) is 2. The number of esters is 1. The van der Waals surface area contributed by atoms with Crippen LogP contribution in [0, 0.1) is 0 Å². The maximum atomic E-state index is 11.4. The number of aliphatic hydroxyl groups excluding tert-OH is 1. The van der Waals surface area contributed by atoms with Crippen LogP contribution in [0.4, 0.5) is 4.79 Å². The molecule has 0 fully saturated rings. The van der Waals surface area contributed by atoms with Crippen LogP contribution in [-0.2, 0) is 20.9 Å². The number of alkyl halides is 1. The van der Waals surface area contributed by atoms with Gasteiger partial charge in [0.1, 0.15) is 6.61 Å². The summed E-state index contributed by atoms with van der Waals surface area (Å²) in [7, 11) is 0. The lowest BCUT2D eigenvalue weighted by atomic mass is 10.2. The topological polar surface area (TPSA) is 84.9 Å². The molecule has 7 heteroatoms. The number of carbonyl (C=O) groups is 2. The van der Waals surface area contributed by atoms with E-state index in [0.29, 0.717) is 0 Å². The summed E-state index contributed by atoms with van der Waals surface area (Å²) in [6.45, 7) is 1.77. The fourth-order valence-electron chi connectivity index (χ4n) is 1.44. The molecule has 0 saturated heterocycles. The third-order valence-electron chi connectivity index (χ3n) is 2.52. The number of rotatable bonds is 7. The van der Waals surface area contributed by atoms with Crippen LogP contribution in [0.25, 0.3) is 0 Å². The summed E-state index contributed by atoms with van der Waals surface area (Å²) >= 11 is 5.80. The Morgan fingerprint density at radius 2 is 1.95 bits per heavy atom. The molecular weight excluding hydrogens is 298 g/mol. The van der Waals surface area contributed by atoms with Gasteiger partial charge in [-0.05, 0) is 12.5 Å². The van der Waals surface area contributed by atoms with Crippen molar-refractivity contribution in [3.05, 3.63) is 35.9 Å². The number of amides is 1. The Morgan fingerprint density at radius 3 is 2.57 bits per heavy atom. The molecular formula is C14H18ClNO5. The number of carbonyl (C=O) groups excluding carboxylic acids is 2. The molecule has 0 bridgehead atoms. The van der Waals surface area contributed by atoms with Crippen molar-refractivity contribution in [2.75, 3.05) is 13.2 Å². The van der Waals surface area contributed by atoms with Crippen molar-refractivity contribution in [2.45, 2.75) is 25.0 Å². The molecule has 0 radical (unpaired) electrons. The standard InChI is InChI=1S/C14H18ClNO5/c1-2-20-13(18)12(17)11(15)8-16-14(19)21-9-10-6-4-3-5-7-10/h3-7,11-12,17H,2,8-9H2,1H3,(H,16,19)/t11-,12-/m0/s1. The normalized spacial score (nSPS) is 13.1. The maximum Gasteiger partial charge on any atom is 0.407 e. The molecule has 0 aliphatic rings. The van der Waals surface area contributed by atoms with Gasteiger partial charge in [0.2, 0.25) is 0 Å². The van der Waals surface area contributed by atoms with E-state index in [4.69, 9.17) is 16.3 Å². The van der Waals surface area contributed by atoms with Gasteiger partial charge < -0.3 is 19.9 Å². The minimum Gasteiger partial charge on any atom is -0.464 e. The first-order valence-electron chi connectivity index (χ1n) is 6.48. The summed E-state index contributed by atoms with van der Waals surface area (Å²) in [5.74, 6) is -0.822. The van der Waals surface area contributed by atoms with Crippen LogP contribution in [0.1, 0.15) is 12.5 Å². The molecule has 1 amide bonds. The van der Waals surface area contributed by atoms with E-state index in [0.717, 1.165) is 5.56 Å². The number of aliphatic hydroxyl groups is 1. The van der Waals surface area contributed by atoms with Crippen molar-refractivity contribution in [1.82, 2.24) is 5.32 Å². The van der Waals surface area contributed by atoms with Gasteiger partial charge in [-0.2, -0.15) is 0 Å². The molecule has 0 aliphatic heterocycles. The SMILES string of the molecule is CCOC(=O)[C@@H](O)[C@@H](Cl)CNC(=O)OCc1ccccc1. The van der Waals surface area contributed by atoms with E-state index in [9.17, 15) is 14.7 Å². The van der Waals surface area contributed by atoms with Gasteiger partial charge in [0.05, 0.1) is 12.0 Å². The van der Waals surface area contributed by atoms with Crippen LogP contribution in [-0.4, -0.2) is 41.8 Å². The molecule has 0 spiro atoms. The summed E-state index contributed by atoms with van der Waals surface area (Å²) < 4.78 is 9.58. The van der Waals surface area contributed by atoms with Gasteiger partial charge in [-0.1, -0.05) is 30.3 Å². The minimum atomic E-state index is -1.50. The predicted molar refractivity (Wildman–Crippen MR) is 76.9 cm³/mol. The van der Waals surface area contributed by atoms with Gasteiger partial charge in [-0.15, -0.1) is 11.6 Å². The van der Waals surface area contributed by atoms with E-state index in [1.165, 1.54) is 0 Å². The number of nitrogens with one attached hydrogen (secondary N) is 1. The summed E-state index contributed by atoms with van der Waals surface area (Å²) in [4.78, 5) is 22.7. The van der Waals surface area contributed by atoms with Gasteiger partial charge in [0, 0.05) is 6.54 Å². The minimum absolute atomic E-state index is 0.116. The molecule has 21 heavy (non-hydrogen) atoms. The van der Waals surface area contributed by atoms with Crippen LogP contribution in [0.5, 0.6) is 0 Å². The number of hydrogen-bond donors (Lipinski definition) is 2. The monoisotopic (exact) mass is 315 g/mol. The number of alkyl carbamates (subject to hydrolysis) is 1. The van der Waals surface area contributed by atoms with Crippen molar-refractivity contribution in [2.24, 2.45) is 0 Å². The zero-order valence-corrected chi connectivity index (χ0v) is 12.4. The van der Waals surface area contributed by atoms with E-state index >= 15 is 0 Å². The molecule has 116 valence electrons. The largest absolute Gasteiger partial charge is 0.464 e. The Hall–Kier alpha value is -1.79. The van der Waals surface area contributed by atoms with Crippen LogP contribution >= 0.6 is 11.6 Å². The first-order valence-corrected chi connectivity index (χ1v) is 6.91. The highest BCUT2D eigenvalue weighted by molar-refractivity contribution is 6.22. The second kappa shape index (κ2) is 9.20. The van der Waals surface area contributed by atoms with Crippen molar-refractivity contribution < 1.29 is 24.2 Å². The molecule has 0 saturated carbocycles. The Labute approximate surface area is 128 Å². The predicted octanol–water partition coefficient (Wildman–Crippen LogP) is 1.44. The Kier molecular flexibility index (Phi) is 7.56. The van der Waals surface area contributed by atoms with Gasteiger partial charge in [-0.3, -0.25) is 0 Å². The van der Waals surface area contributed by atoms with E-state index in [1.807, 2.05) is 30.3 Å². The average Bonchev–Trinajstić information content (AvgIpc) is 2.51. The Balaban J connectivity index is 2.27. The molecule has 1 aromatic rings. The summed E-state index contributed by atoms with van der Waals surface area (Å²) in [5.41, 5.74) is 0.849. The van der Waals surface area contributed by atoms with Crippen molar-refractivity contribution in [3.8, 4) is 0 Å². The zero-order chi connectivity index (χ0) is 15.7. The van der Waals surface area contributed by atoms with Crippen LogP contribution in [0.3, 0.4) is 0 Å². The molecule has 0 aromatic heterocycles. The summed E-state index contributed by atoms with van der Waals surface area (Å²) in [6, 6.07) is 9.17. The third kappa shape index (κ3) is 6.46. The summed E-state index contributed by atoms with van der Waals surface area (Å²) in [5, 5.41) is 10.9. The quantitative estimate of drug-likeness (QED) is 0.587. The molecule has 0 aliphatic carbocycles. The molecule has 0 heterocycles. The lowest BCUT2D eigenvalue weighted by molar-refractivity contribution is -0.152. The Bertz CT molecular complexity index is 454. The average molecular weight is 316 g/mol. The van der Waals surface area contributed by atoms with Gasteiger partial charge >= 0.3 is 12.1 Å². The maximum absolute atomic E-state index is 11.4. The highest BCUT2D eigenvalue weighted by Crippen LogP contribution is 2.05. The zero-order valence-electron chi connectivity index (χ0n) is 11.6. The lowest BCUT2D eigenvalue weighted by Gasteiger charge is -2.16. The van der Waals surface area contributed by atoms with Gasteiger partial charge in [0.25, 0.3) is 0 Å². The van der Waals surface area contributed by atoms with Crippen molar-refractivity contribution in [1.29, 1.82) is 0 Å². The Morgan fingerprint density at radius 1 is 1.29 bits per heavy atom. The molecule has 0 unspecified atom stereocenters. The third-order valence-corrected chi connectivity index (χ3v) is 2.92. The summed E-state index contributed by atoms with van der Waals surface area (Å²) in [6.07, 6.45) is -2.18. The highest BCUT2D eigenvalue weighted by Gasteiger charge is 2.26. The van der Waals surface area contributed by atoms with Crippen LogP contribution in [0.2, 0.25) is 0 Å². The van der Waals surface area contributed by atoms with E-state index in [2.05, 4.69) is 10.1 Å². The molecule has 6 nitrogen and oxygen atoms in total. The van der Waals surface area contributed by atoms with E-state index in [1.54, 1.807) is 6.92 Å². The molecule has 1 rings (SSSR count). The van der Waals surface area contributed by atoms with Crippen molar-refractivity contribution >= 4 is 23.7 Å². The van der Waals surface area contributed by atoms with Gasteiger partial charge in [0.15, 0.2) is 6.10 Å². The first kappa shape index (κ1) is 17.3. The number of hydrogen-bond acceptors (Lipinski definition) is 5. The molecule has 2 N–H and O–H groups in total. The molecule has 1 aromatic carbocycles. The molecule has 2 atom stereocenters. The van der Waals surface area contributed by atoms with E-state index in [-0.39, 0.29) is 19.8 Å². The smallest absolute Gasteiger partial charge is 0.407 e. The van der Waals surface area contributed by atoms with E-state index < -0.39 is 23.5 Å². The highest BCUT2D eigenvalue weighted by atomic mass is 35.5. The second-order valence-corrected chi connectivity index (χ2v) is 4.72. The lowest BCUT2D eigenvalue weighted by Crippen LogP contribution is -2.40.